The van der Waals surface area contributed by atoms with E-state index in [1.807, 2.05) is 0 Å². The maximum atomic E-state index is 11.1. The van der Waals surface area contributed by atoms with Gasteiger partial charge in [0, 0.05) is 6.04 Å². The Labute approximate surface area is 97.7 Å². The van der Waals surface area contributed by atoms with Gasteiger partial charge in [-0.15, -0.1) is 0 Å². The van der Waals surface area contributed by atoms with E-state index in [-0.39, 0.29) is 23.4 Å². The SMILES string of the molecule is O=[N+]([O-])c1cc2c(cc1[C@H]1CCCN1)OCO2. The third-order valence-electron chi connectivity index (χ3n) is 3.15. The molecule has 0 aromatic heterocycles. The van der Waals surface area contributed by atoms with Crippen LogP contribution in [0.25, 0.3) is 0 Å². The van der Waals surface area contributed by atoms with Gasteiger partial charge in [0.15, 0.2) is 11.5 Å². The molecular weight excluding hydrogens is 224 g/mol. The molecule has 1 saturated heterocycles. The molecule has 1 N–H and O–H groups in total. The molecule has 0 amide bonds. The first-order valence-corrected chi connectivity index (χ1v) is 5.57. The number of benzene rings is 1. The number of hydrogen-bond acceptors (Lipinski definition) is 5. The Hall–Kier alpha value is -1.82. The van der Waals surface area contributed by atoms with Gasteiger partial charge in [-0.3, -0.25) is 10.1 Å². The fourth-order valence-corrected chi connectivity index (χ4v) is 2.33. The minimum Gasteiger partial charge on any atom is -0.454 e. The lowest BCUT2D eigenvalue weighted by Crippen LogP contribution is -2.14. The van der Waals surface area contributed by atoms with E-state index in [0.717, 1.165) is 19.4 Å². The smallest absolute Gasteiger partial charge is 0.278 e. The number of nitrogens with one attached hydrogen (secondary N) is 1. The van der Waals surface area contributed by atoms with Gasteiger partial charge in [-0.25, -0.2) is 0 Å². The summed E-state index contributed by atoms with van der Waals surface area (Å²) in [6.45, 7) is 1.03. The molecule has 2 aliphatic rings. The second-order valence-corrected chi connectivity index (χ2v) is 4.17. The molecule has 0 saturated carbocycles. The van der Waals surface area contributed by atoms with Crippen LogP contribution >= 0.6 is 0 Å². The number of nitro groups is 1. The molecule has 17 heavy (non-hydrogen) atoms. The molecule has 2 heterocycles. The maximum absolute atomic E-state index is 11.1. The monoisotopic (exact) mass is 236 g/mol. The molecule has 0 aliphatic carbocycles. The summed E-state index contributed by atoms with van der Waals surface area (Å²) < 4.78 is 10.4. The van der Waals surface area contributed by atoms with E-state index in [0.29, 0.717) is 17.1 Å². The molecule has 0 spiro atoms. The van der Waals surface area contributed by atoms with Crippen LogP contribution in [0.5, 0.6) is 11.5 Å². The predicted octanol–water partition coefficient (Wildman–Crippen LogP) is 1.75. The third-order valence-corrected chi connectivity index (χ3v) is 3.15. The lowest BCUT2D eigenvalue weighted by molar-refractivity contribution is -0.385. The summed E-state index contributed by atoms with van der Waals surface area (Å²) in [5.74, 6) is 1.05. The Morgan fingerprint density at radius 1 is 1.35 bits per heavy atom. The fourth-order valence-electron chi connectivity index (χ4n) is 2.33. The van der Waals surface area contributed by atoms with E-state index < -0.39 is 0 Å². The van der Waals surface area contributed by atoms with Crippen LogP contribution < -0.4 is 14.8 Å². The van der Waals surface area contributed by atoms with E-state index in [4.69, 9.17) is 9.47 Å². The van der Waals surface area contributed by atoms with Crippen LogP contribution in [0.15, 0.2) is 12.1 Å². The second kappa shape index (κ2) is 3.89. The van der Waals surface area contributed by atoms with Crippen molar-refractivity contribution >= 4 is 5.69 Å². The van der Waals surface area contributed by atoms with E-state index in [2.05, 4.69) is 5.32 Å². The first kappa shape index (κ1) is 10.3. The van der Waals surface area contributed by atoms with Crippen molar-refractivity contribution in [2.45, 2.75) is 18.9 Å². The number of ether oxygens (including phenoxy) is 2. The summed E-state index contributed by atoms with van der Waals surface area (Å²) in [5.41, 5.74) is 0.797. The Kier molecular flexibility index (Phi) is 2.36. The molecule has 3 rings (SSSR count). The maximum Gasteiger partial charge on any atom is 0.278 e. The summed E-state index contributed by atoms with van der Waals surface area (Å²) in [4.78, 5) is 10.7. The highest BCUT2D eigenvalue weighted by Crippen LogP contribution is 2.41. The van der Waals surface area contributed by atoms with Crippen molar-refractivity contribution in [1.29, 1.82) is 0 Å². The van der Waals surface area contributed by atoms with Gasteiger partial charge in [-0.2, -0.15) is 0 Å². The van der Waals surface area contributed by atoms with Crippen LogP contribution in [-0.4, -0.2) is 18.3 Å². The molecule has 2 aliphatic heterocycles. The minimum atomic E-state index is -0.364. The van der Waals surface area contributed by atoms with Crippen molar-refractivity contribution in [3.63, 3.8) is 0 Å². The average molecular weight is 236 g/mol. The van der Waals surface area contributed by atoms with Gasteiger partial charge >= 0.3 is 0 Å². The van der Waals surface area contributed by atoms with Crippen molar-refractivity contribution in [3.05, 3.63) is 27.8 Å². The third kappa shape index (κ3) is 1.70. The van der Waals surface area contributed by atoms with E-state index in [1.54, 1.807) is 6.07 Å². The Morgan fingerprint density at radius 2 is 2.12 bits per heavy atom. The molecular formula is C11H12N2O4. The van der Waals surface area contributed by atoms with Crippen molar-refractivity contribution in [2.75, 3.05) is 13.3 Å². The highest BCUT2D eigenvalue weighted by molar-refractivity contribution is 5.56. The van der Waals surface area contributed by atoms with Gasteiger partial charge in [0.25, 0.3) is 5.69 Å². The number of fused-ring (bicyclic) bond motifs is 1. The number of rotatable bonds is 2. The number of nitrogens with zero attached hydrogens (tertiary/aromatic N) is 1. The molecule has 6 nitrogen and oxygen atoms in total. The zero-order valence-corrected chi connectivity index (χ0v) is 9.14. The van der Waals surface area contributed by atoms with Crippen LogP contribution in [0, 0.1) is 10.1 Å². The number of nitro benzene ring substituents is 1. The van der Waals surface area contributed by atoms with Crippen molar-refractivity contribution in [1.82, 2.24) is 5.32 Å². The molecule has 0 radical (unpaired) electrons. The van der Waals surface area contributed by atoms with Crippen LogP contribution in [0.1, 0.15) is 24.4 Å². The lowest BCUT2D eigenvalue weighted by Gasteiger charge is -2.11. The van der Waals surface area contributed by atoms with E-state index >= 15 is 0 Å². The van der Waals surface area contributed by atoms with Gasteiger partial charge in [0.1, 0.15) is 0 Å². The first-order chi connectivity index (χ1) is 8.25. The largest absolute Gasteiger partial charge is 0.454 e. The molecule has 1 aromatic carbocycles. The van der Waals surface area contributed by atoms with Crippen LogP contribution in [0.4, 0.5) is 5.69 Å². The standard InChI is InChI=1S/C11H12N2O4/c14-13(15)9-5-11-10(16-6-17-11)4-7(9)8-2-1-3-12-8/h4-5,8,12H,1-3,6H2/t8-/m1/s1. The van der Waals surface area contributed by atoms with Crippen molar-refractivity contribution in [2.24, 2.45) is 0 Å². The van der Waals surface area contributed by atoms with Crippen molar-refractivity contribution in [3.8, 4) is 11.5 Å². The summed E-state index contributed by atoms with van der Waals surface area (Å²) in [5, 5.41) is 14.3. The highest BCUT2D eigenvalue weighted by atomic mass is 16.7. The normalized spacial score (nSPS) is 21.8. The zero-order chi connectivity index (χ0) is 11.8. The quantitative estimate of drug-likeness (QED) is 0.625. The van der Waals surface area contributed by atoms with Gasteiger partial charge in [-0.1, -0.05) is 0 Å². The lowest BCUT2D eigenvalue weighted by atomic mass is 10.0. The molecule has 6 heteroatoms. The Balaban J connectivity index is 2.07. The van der Waals surface area contributed by atoms with Crippen LogP contribution in [0.2, 0.25) is 0 Å². The molecule has 90 valence electrons. The van der Waals surface area contributed by atoms with Gasteiger partial charge in [-0.05, 0) is 25.5 Å². The van der Waals surface area contributed by atoms with Crippen molar-refractivity contribution < 1.29 is 14.4 Å². The molecule has 0 unspecified atom stereocenters. The molecule has 1 atom stereocenters. The number of hydrogen-bond donors (Lipinski definition) is 1. The first-order valence-electron chi connectivity index (χ1n) is 5.57. The topological polar surface area (TPSA) is 73.6 Å². The Morgan fingerprint density at radius 3 is 2.76 bits per heavy atom. The summed E-state index contributed by atoms with van der Waals surface area (Å²) >= 11 is 0. The van der Waals surface area contributed by atoms with Crippen LogP contribution in [-0.2, 0) is 0 Å². The zero-order valence-electron chi connectivity index (χ0n) is 9.14. The Bertz CT molecular complexity index is 469. The molecule has 0 bridgehead atoms. The molecule has 1 fully saturated rings. The van der Waals surface area contributed by atoms with Gasteiger partial charge < -0.3 is 14.8 Å². The fraction of sp³-hybridized carbons (Fsp3) is 0.455. The van der Waals surface area contributed by atoms with Gasteiger partial charge in [0.05, 0.1) is 16.6 Å². The average Bonchev–Trinajstić information content (AvgIpc) is 2.98. The summed E-state index contributed by atoms with van der Waals surface area (Å²) in [6, 6.07) is 3.23. The minimum absolute atomic E-state index is 0.0462. The van der Waals surface area contributed by atoms with Gasteiger partial charge in [0.2, 0.25) is 6.79 Å². The van der Waals surface area contributed by atoms with Crippen LogP contribution in [0.3, 0.4) is 0 Å². The predicted molar refractivity (Wildman–Crippen MR) is 59.2 cm³/mol. The van der Waals surface area contributed by atoms with E-state index in [1.165, 1.54) is 6.07 Å². The molecule has 1 aromatic rings. The van der Waals surface area contributed by atoms with E-state index in [9.17, 15) is 10.1 Å². The summed E-state index contributed by atoms with van der Waals surface area (Å²) in [6.07, 6.45) is 1.96. The highest BCUT2D eigenvalue weighted by Gasteiger charge is 2.29. The second-order valence-electron chi connectivity index (χ2n) is 4.17. The summed E-state index contributed by atoms with van der Waals surface area (Å²) in [7, 11) is 0.